The topological polar surface area (TPSA) is 3.24 Å². The molecule has 0 aromatic rings. The molecule has 0 amide bonds. The second-order valence-corrected chi connectivity index (χ2v) is 8.01. The standard InChI is InChI=1S/C17H33N/c1-17(2,3)13-15-9-11-18(12-10-15)14-16-7-5-4-6-8-16/h15-16H,4-14H2,1-3H3. The van der Waals surface area contributed by atoms with Crippen LogP contribution in [0.2, 0.25) is 0 Å². The number of hydrogen-bond acceptors (Lipinski definition) is 1. The molecule has 0 N–H and O–H groups in total. The zero-order chi connectivity index (χ0) is 13.0. The van der Waals surface area contributed by atoms with Crippen LogP contribution in [0, 0.1) is 17.3 Å². The molecule has 0 unspecified atom stereocenters. The Morgan fingerprint density at radius 1 is 0.833 bits per heavy atom. The summed E-state index contributed by atoms with van der Waals surface area (Å²) in [6.07, 6.45) is 11.8. The quantitative estimate of drug-likeness (QED) is 0.702. The van der Waals surface area contributed by atoms with Crippen molar-refractivity contribution in [2.45, 2.75) is 72.1 Å². The van der Waals surface area contributed by atoms with E-state index in [1.807, 2.05) is 0 Å². The first-order valence-corrected chi connectivity index (χ1v) is 8.25. The van der Waals surface area contributed by atoms with Crippen molar-refractivity contribution in [1.29, 1.82) is 0 Å². The molecule has 1 aliphatic heterocycles. The van der Waals surface area contributed by atoms with Gasteiger partial charge in [0.15, 0.2) is 0 Å². The summed E-state index contributed by atoms with van der Waals surface area (Å²) in [4.78, 5) is 2.76. The van der Waals surface area contributed by atoms with Gasteiger partial charge < -0.3 is 4.90 Å². The van der Waals surface area contributed by atoms with Gasteiger partial charge in [0.25, 0.3) is 0 Å². The van der Waals surface area contributed by atoms with Crippen LogP contribution in [0.3, 0.4) is 0 Å². The van der Waals surface area contributed by atoms with Gasteiger partial charge in [0, 0.05) is 6.54 Å². The molecule has 1 saturated heterocycles. The van der Waals surface area contributed by atoms with E-state index in [4.69, 9.17) is 0 Å². The van der Waals surface area contributed by atoms with E-state index < -0.39 is 0 Å². The van der Waals surface area contributed by atoms with Crippen LogP contribution in [0.25, 0.3) is 0 Å². The fourth-order valence-corrected chi connectivity index (χ4v) is 3.97. The first-order chi connectivity index (χ1) is 8.53. The molecule has 1 aliphatic carbocycles. The third kappa shape index (κ3) is 4.91. The lowest BCUT2D eigenvalue weighted by Gasteiger charge is -2.37. The van der Waals surface area contributed by atoms with Gasteiger partial charge in [0.2, 0.25) is 0 Å². The lowest BCUT2D eigenvalue weighted by molar-refractivity contribution is 0.126. The van der Waals surface area contributed by atoms with Crippen LogP contribution in [0.1, 0.15) is 72.1 Å². The van der Waals surface area contributed by atoms with Crippen molar-refractivity contribution in [3.8, 4) is 0 Å². The summed E-state index contributed by atoms with van der Waals surface area (Å²) in [5.74, 6) is 2.02. The van der Waals surface area contributed by atoms with Crippen molar-refractivity contribution in [3.63, 3.8) is 0 Å². The summed E-state index contributed by atoms with van der Waals surface area (Å²) in [6.45, 7) is 11.3. The second-order valence-electron chi connectivity index (χ2n) is 8.01. The van der Waals surface area contributed by atoms with Crippen molar-refractivity contribution >= 4 is 0 Å². The van der Waals surface area contributed by atoms with Crippen molar-refractivity contribution in [2.24, 2.45) is 17.3 Å². The molecule has 0 atom stereocenters. The van der Waals surface area contributed by atoms with Crippen LogP contribution in [0.5, 0.6) is 0 Å². The van der Waals surface area contributed by atoms with Crippen LogP contribution in [-0.2, 0) is 0 Å². The molecular weight excluding hydrogens is 218 g/mol. The smallest absolute Gasteiger partial charge is 0.000966 e. The minimum Gasteiger partial charge on any atom is -0.303 e. The molecule has 0 spiro atoms. The van der Waals surface area contributed by atoms with E-state index in [2.05, 4.69) is 25.7 Å². The first kappa shape index (κ1) is 14.4. The fraction of sp³-hybridized carbons (Fsp3) is 1.00. The Kier molecular flexibility index (Phi) is 5.12. The summed E-state index contributed by atoms with van der Waals surface area (Å²) in [5, 5.41) is 0. The molecule has 2 aliphatic rings. The first-order valence-electron chi connectivity index (χ1n) is 8.25. The van der Waals surface area contributed by atoms with Gasteiger partial charge in [0.1, 0.15) is 0 Å². The summed E-state index contributed by atoms with van der Waals surface area (Å²) in [6, 6.07) is 0. The Morgan fingerprint density at radius 2 is 1.44 bits per heavy atom. The number of nitrogens with zero attached hydrogens (tertiary/aromatic N) is 1. The highest BCUT2D eigenvalue weighted by Gasteiger charge is 2.25. The molecule has 106 valence electrons. The van der Waals surface area contributed by atoms with Crippen LogP contribution in [-0.4, -0.2) is 24.5 Å². The largest absolute Gasteiger partial charge is 0.303 e. The summed E-state index contributed by atoms with van der Waals surface area (Å²) in [7, 11) is 0. The number of likely N-dealkylation sites (tertiary alicyclic amines) is 1. The molecular formula is C17H33N. The van der Waals surface area contributed by atoms with Gasteiger partial charge in [0.05, 0.1) is 0 Å². The highest BCUT2D eigenvalue weighted by atomic mass is 15.1. The van der Waals surface area contributed by atoms with Gasteiger partial charge in [-0.3, -0.25) is 0 Å². The molecule has 1 heteroatoms. The Labute approximate surface area is 114 Å². The molecule has 1 heterocycles. The SMILES string of the molecule is CC(C)(C)CC1CCN(CC2CCCCC2)CC1. The molecule has 0 bridgehead atoms. The van der Waals surface area contributed by atoms with Gasteiger partial charge in [-0.2, -0.15) is 0 Å². The molecule has 0 radical (unpaired) electrons. The number of rotatable bonds is 3. The normalized spacial score (nSPS) is 25.5. The highest BCUT2D eigenvalue weighted by molar-refractivity contribution is 4.78. The number of piperidine rings is 1. The van der Waals surface area contributed by atoms with Crippen LogP contribution in [0.4, 0.5) is 0 Å². The van der Waals surface area contributed by atoms with Gasteiger partial charge in [-0.25, -0.2) is 0 Å². The predicted molar refractivity (Wildman–Crippen MR) is 79.8 cm³/mol. The van der Waals surface area contributed by atoms with Crippen molar-refractivity contribution < 1.29 is 0 Å². The van der Waals surface area contributed by atoms with Crippen LogP contribution in [0.15, 0.2) is 0 Å². The van der Waals surface area contributed by atoms with Gasteiger partial charge in [-0.1, -0.05) is 40.0 Å². The third-order valence-corrected chi connectivity index (χ3v) is 4.85. The Balaban J connectivity index is 1.66. The molecule has 2 fully saturated rings. The zero-order valence-corrected chi connectivity index (χ0v) is 12.9. The van der Waals surface area contributed by atoms with Crippen LogP contribution >= 0.6 is 0 Å². The average molecular weight is 251 g/mol. The molecule has 1 saturated carbocycles. The Morgan fingerprint density at radius 3 is 2.00 bits per heavy atom. The minimum absolute atomic E-state index is 0.524. The van der Waals surface area contributed by atoms with Crippen molar-refractivity contribution in [2.75, 3.05) is 19.6 Å². The summed E-state index contributed by atoms with van der Waals surface area (Å²) < 4.78 is 0. The Bertz CT molecular complexity index is 226. The fourth-order valence-electron chi connectivity index (χ4n) is 3.97. The lowest BCUT2D eigenvalue weighted by atomic mass is 9.80. The second kappa shape index (κ2) is 6.41. The van der Waals surface area contributed by atoms with Gasteiger partial charge >= 0.3 is 0 Å². The summed E-state index contributed by atoms with van der Waals surface area (Å²) in [5.41, 5.74) is 0.524. The summed E-state index contributed by atoms with van der Waals surface area (Å²) >= 11 is 0. The van der Waals surface area contributed by atoms with Gasteiger partial charge in [-0.05, 0) is 62.4 Å². The molecule has 1 nitrogen and oxygen atoms in total. The maximum atomic E-state index is 2.76. The van der Waals surface area contributed by atoms with E-state index in [1.165, 1.54) is 71.0 Å². The van der Waals surface area contributed by atoms with E-state index in [0.29, 0.717) is 5.41 Å². The van der Waals surface area contributed by atoms with E-state index >= 15 is 0 Å². The minimum atomic E-state index is 0.524. The van der Waals surface area contributed by atoms with E-state index in [-0.39, 0.29) is 0 Å². The van der Waals surface area contributed by atoms with E-state index in [1.54, 1.807) is 0 Å². The lowest BCUT2D eigenvalue weighted by Crippen LogP contribution is -2.38. The maximum absolute atomic E-state index is 2.76. The van der Waals surface area contributed by atoms with Crippen molar-refractivity contribution in [3.05, 3.63) is 0 Å². The molecule has 0 aromatic carbocycles. The monoisotopic (exact) mass is 251 g/mol. The van der Waals surface area contributed by atoms with Gasteiger partial charge in [-0.15, -0.1) is 0 Å². The average Bonchev–Trinajstić information content (AvgIpc) is 2.31. The highest BCUT2D eigenvalue weighted by Crippen LogP contribution is 2.32. The van der Waals surface area contributed by atoms with E-state index in [9.17, 15) is 0 Å². The predicted octanol–water partition coefficient (Wildman–Crippen LogP) is 4.71. The maximum Gasteiger partial charge on any atom is 0.000966 e. The van der Waals surface area contributed by atoms with E-state index in [0.717, 1.165) is 11.8 Å². The molecule has 2 rings (SSSR count). The van der Waals surface area contributed by atoms with Crippen LogP contribution < -0.4 is 0 Å². The third-order valence-electron chi connectivity index (χ3n) is 4.85. The number of hydrogen-bond donors (Lipinski definition) is 0. The molecule has 18 heavy (non-hydrogen) atoms. The molecule has 0 aromatic heterocycles. The van der Waals surface area contributed by atoms with Crippen molar-refractivity contribution in [1.82, 2.24) is 4.90 Å². The Hall–Kier alpha value is -0.0400. The zero-order valence-electron chi connectivity index (χ0n) is 12.9.